The third-order valence-corrected chi connectivity index (χ3v) is 4.26. The Morgan fingerprint density at radius 3 is 2.38 bits per heavy atom. The minimum Gasteiger partial charge on any atom is -0.480 e. The maximum atomic E-state index is 11.9. The molecule has 0 saturated heterocycles. The van der Waals surface area contributed by atoms with Crippen LogP contribution in [0.4, 0.5) is 5.69 Å². The fourth-order valence-electron chi connectivity index (χ4n) is 3.45. The minimum absolute atomic E-state index is 0.0287. The van der Waals surface area contributed by atoms with Gasteiger partial charge in [0.1, 0.15) is 6.04 Å². The van der Waals surface area contributed by atoms with Gasteiger partial charge in [-0.1, -0.05) is 38.1 Å². The number of aliphatic carboxylic acids is 1. The lowest BCUT2D eigenvalue weighted by molar-refractivity contribution is -0.140. The van der Waals surface area contributed by atoms with Crippen molar-refractivity contribution in [3.8, 4) is 0 Å². The van der Waals surface area contributed by atoms with Gasteiger partial charge >= 0.3 is 5.97 Å². The molecule has 21 heavy (non-hydrogen) atoms. The number of benzene rings is 1. The highest BCUT2D eigenvalue weighted by molar-refractivity contribution is 5.88. The van der Waals surface area contributed by atoms with Crippen molar-refractivity contribution in [2.24, 2.45) is 5.92 Å². The van der Waals surface area contributed by atoms with E-state index >= 15 is 0 Å². The number of carboxylic acids is 1. The molecule has 0 amide bonds. The molecule has 0 unspecified atom stereocenters. The Labute approximate surface area is 127 Å². The molecule has 1 aliphatic heterocycles. The van der Waals surface area contributed by atoms with E-state index in [9.17, 15) is 9.90 Å². The standard InChI is InChI=1S/C18H25NO2/c1-11(2)15(17(20)21)19-16-12(3)8-7-9-14(16)13(4)10-18(19,5)6/h7-11,15H,1-6H3,(H,20,21)/t15-/m0/s1. The van der Waals surface area contributed by atoms with Crippen LogP contribution in [0.5, 0.6) is 0 Å². The van der Waals surface area contributed by atoms with Crippen molar-refractivity contribution in [1.82, 2.24) is 0 Å². The average molecular weight is 287 g/mol. The molecular weight excluding hydrogens is 262 g/mol. The van der Waals surface area contributed by atoms with Crippen LogP contribution in [-0.2, 0) is 4.79 Å². The third-order valence-electron chi connectivity index (χ3n) is 4.26. The molecule has 1 aliphatic rings. The van der Waals surface area contributed by atoms with Gasteiger partial charge in [-0.15, -0.1) is 0 Å². The normalized spacial score (nSPS) is 18.2. The lowest BCUT2D eigenvalue weighted by Gasteiger charge is -2.48. The number of carboxylic acid groups (broad SMARTS) is 1. The Morgan fingerprint density at radius 2 is 1.86 bits per heavy atom. The molecule has 0 saturated carbocycles. The van der Waals surface area contributed by atoms with Gasteiger partial charge in [-0.3, -0.25) is 0 Å². The molecular formula is C18H25NO2. The first kappa shape index (κ1) is 15.6. The molecule has 3 nitrogen and oxygen atoms in total. The molecule has 0 aromatic heterocycles. The number of fused-ring (bicyclic) bond motifs is 1. The van der Waals surface area contributed by atoms with Crippen LogP contribution in [0.3, 0.4) is 0 Å². The number of carbonyl (C=O) groups is 1. The van der Waals surface area contributed by atoms with Crippen molar-refractivity contribution in [3.63, 3.8) is 0 Å². The number of aryl methyl sites for hydroxylation is 1. The first-order valence-electron chi connectivity index (χ1n) is 7.48. The Hall–Kier alpha value is -1.77. The second kappa shape index (κ2) is 5.21. The average Bonchev–Trinajstić information content (AvgIpc) is 2.33. The van der Waals surface area contributed by atoms with Gasteiger partial charge in [0.25, 0.3) is 0 Å². The number of hydrogen-bond donors (Lipinski definition) is 1. The second-order valence-electron chi connectivity index (χ2n) is 6.85. The Morgan fingerprint density at radius 1 is 1.24 bits per heavy atom. The summed E-state index contributed by atoms with van der Waals surface area (Å²) in [7, 11) is 0. The summed E-state index contributed by atoms with van der Waals surface area (Å²) in [5, 5.41) is 9.75. The van der Waals surface area contributed by atoms with Gasteiger partial charge in [0.15, 0.2) is 0 Å². The van der Waals surface area contributed by atoms with Crippen LogP contribution in [0.1, 0.15) is 45.7 Å². The number of nitrogens with zero attached hydrogens (tertiary/aromatic N) is 1. The van der Waals surface area contributed by atoms with Crippen LogP contribution >= 0.6 is 0 Å². The summed E-state index contributed by atoms with van der Waals surface area (Å²) in [5.41, 5.74) is 4.21. The van der Waals surface area contributed by atoms with Crippen LogP contribution < -0.4 is 4.90 Å². The van der Waals surface area contributed by atoms with Gasteiger partial charge in [0.05, 0.1) is 5.54 Å². The smallest absolute Gasteiger partial charge is 0.326 e. The predicted molar refractivity (Wildman–Crippen MR) is 87.6 cm³/mol. The molecule has 114 valence electrons. The lowest BCUT2D eigenvalue weighted by Crippen LogP contribution is -2.56. The molecule has 1 aromatic rings. The lowest BCUT2D eigenvalue weighted by atomic mass is 9.84. The van der Waals surface area contributed by atoms with E-state index in [4.69, 9.17) is 0 Å². The van der Waals surface area contributed by atoms with Gasteiger partial charge in [0, 0.05) is 11.3 Å². The zero-order chi connectivity index (χ0) is 15.9. The maximum absolute atomic E-state index is 11.9. The fourth-order valence-corrected chi connectivity index (χ4v) is 3.45. The van der Waals surface area contributed by atoms with Crippen molar-refractivity contribution in [2.75, 3.05) is 4.90 Å². The third kappa shape index (κ3) is 2.57. The Kier molecular flexibility index (Phi) is 3.87. The van der Waals surface area contributed by atoms with E-state index in [1.54, 1.807) is 0 Å². The zero-order valence-electron chi connectivity index (χ0n) is 13.8. The molecule has 1 N–H and O–H groups in total. The topological polar surface area (TPSA) is 40.5 Å². The van der Waals surface area contributed by atoms with Crippen LogP contribution in [0.2, 0.25) is 0 Å². The quantitative estimate of drug-likeness (QED) is 0.909. The number of rotatable bonds is 3. The highest BCUT2D eigenvalue weighted by Gasteiger charge is 2.41. The molecule has 1 aromatic carbocycles. The molecule has 0 fully saturated rings. The first-order valence-corrected chi connectivity index (χ1v) is 7.48. The van der Waals surface area contributed by atoms with E-state index in [-0.39, 0.29) is 11.5 Å². The highest BCUT2D eigenvalue weighted by atomic mass is 16.4. The van der Waals surface area contributed by atoms with Gasteiger partial charge in [-0.05, 0) is 44.7 Å². The van der Waals surface area contributed by atoms with Crippen molar-refractivity contribution in [3.05, 3.63) is 35.4 Å². The largest absolute Gasteiger partial charge is 0.480 e. The number of allylic oxidation sites excluding steroid dienone is 1. The van der Waals surface area contributed by atoms with E-state index in [0.717, 1.165) is 16.8 Å². The van der Waals surface area contributed by atoms with Crippen molar-refractivity contribution >= 4 is 17.2 Å². The molecule has 2 rings (SSSR count). The van der Waals surface area contributed by atoms with Crippen molar-refractivity contribution in [1.29, 1.82) is 0 Å². The number of anilines is 1. The van der Waals surface area contributed by atoms with E-state index in [1.807, 2.05) is 19.9 Å². The van der Waals surface area contributed by atoms with Gasteiger partial charge in [-0.2, -0.15) is 0 Å². The Bertz CT molecular complexity index is 599. The predicted octanol–water partition coefficient (Wildman–Crippen LogP) is 4.11. The number of hydrogen-bond acceptors (Lipinski definition) is 2. The van der Waals surface area contributed by atoms with Crippen molar-refractivity contribution in [2.45, 2.75) is 53.1 Å². The van der Waals surface area contributed by atoms with Gasteiger partial charge in [-0.25, -0.2) is 4.79 Å². The SMILES string of the molecule is CC1=CC(C)(C)N([C@H](C(=O)O)C(C)C)c2c(C)cccc21. The summed E-state index contributed by atoms with van der Waals surface area (Å²) in [6.07, 6.45) is 2.17. The molecule has 0 bridgehead atoms. The fraction of sp³-hybridized carbons (Fsp3) is 0.500. The van der Waals surface area contributed by atoms with E-state index in [0.29, 0.717) is 0 Å². The van der Waals surface area contributed by atoms with Gasteiger partial charge in [0.2, 0.25) is 0 Å². The second-order valence-corrected chi connectivity index (χ2v) is 6.85. The van der Waals surface area contributed by atoms with Crippen molar-refractivity contribution < 1.29 is 9.90 Å². The monoisotopic (exact) mass is 287 g/mol. The molecule has 0 aliphatic carbocycles. The summed E-state index contributed by atoms with van der Waals surface area (Å²) in [5.74, 6) is -0.735. The highest BCUT2D eigenvalue weighted by Crippen LogP contribution is 2.43. The van der Waals surface area contributed by atoms with E-state index < -0.39 is 12.0 Å². The molecule has 0 radical (unpaired) electrons. The van der Waals surface area contributed by atoms with Crippen LogP contribution in [0.25, 0.3) is 5.57 Å². The minimum atomic E-state index is -0.764. The van der Waals surface area contributed by atoms with Crippen LogP contribution in [0, 0.1) is 12.8 Å². The summed E-state index contributed by atoms with van der Waals surface area (Å²) in [4.78, 5) is 13.9. The zero-order valence-corrected chi connectivity index (χ0v) is 13.8. The molecule has 1 heterocycles. The molecule has 3 heteroatoms. The summed E-state index contributed by atoms with van der Waals surface area (Å²) >= 11 is 0. The molecule has 0 spiro atoms. The van der Waals surface area contributed by atoms with Gasteiger partial charge < -0.3 is 10.0 Å². The molecule has 1 atom stereocenters. The van der Waals surface area contributed by atoms with Crippen LogP contribution in [0.15, 0.2) is 24.3 Å². The van der Waals surface area contributed by atoms with E-state index in [1.165, 1.54) is 5.57 Å². The van der Waals surface area contributed by atoms with E-state index in [2.05, 4.69) is 50.8 Å². The summed E-state index contributed by atoms with van der Waals surface area (Å²) in [6, 6.07) is 5.63. The Balaban J connectivity index is 2.73. The van der Waals surface area contributed by atoms with Crippen LogP contribution in [-0.4, -0.2) is 22.7 Å². The maximum Gasteiger partial charge on any atom is 0.326 e. The first-order chi connectivity index (χ1) is 9.66. The summed E-state index contributed by atoms with van der Waals surface area (Å²) in [6.45, 7) is 12.3. The summed E-state index contributed by atoms with van der Waals surface area (Å²) < 4.78 is 0. The number of para-hydroxylation sites is 1.